The van der Waals surface area contributed by atoms with Gasteiger partial charge >= 0.3 is 5.97 Å². The average molecular weight is 281 g/mol. The van der Waals surface area contributed by atoms with Crippen LogP contribution >= 0.6 is 15.9 Å². The van der Waals surface area contributed by atoms with Gasteiger partial charge in [0, 0.05) is 4.47 Å². The van der Waals surface area contributed by atoms with Crippen LogP contribution in [0.25, 0.3) is 5.69 Å². The maximum Gasteiger partial charge on any atom is 0.354 e. The number of halogens is 1. The molecule has 2 aromatic rings. The predicted octanol–water partition coefficient (Wildman–Crippen LogP) is 2.64. The van der Waals surface area contributed by atoms with Crippen LogP contribution in [-0.4, -0.2) is 20.9 Å². The molecule has 0 aliphatic carbocycles. The molecule has 0 bridgehead atoms. The highest BCUT2D eigenvalue weighted by Gasteiger charge is 2.13. The molecule has 1 heterocycles. The van der Waals surface area contributed by atoms with Gasteiger partial charge < -0.3 is 5.11 Å². The number of hydrogen-bond donors (Lipinski definition) is 1. The van der Waals surface area contributed by atoms with Crippen LogP contribution in [0.2, 0.25) is 0 Å². The van der Waals surface area contributed by atoms with Gasteiger partial charge in [0.05, 0.1) is 11.4 Å². The summed E-state index contributed by atoms with van der Waals surface area (Å²) in [5.41, 5.74) is 1.58. The van der Waals surface area contributed by atoms with E-state index >= 15 is 0 Å². The molecule has 0 atom stereocenters. The molecule has 0 aliphatic rings. The molecule has 1 aromatic heterocycles. The Hall–Kier alpha value is -1.62. The minimum Gasteiger partial charge on any atom is -0.477 e. The molecule has 0 aliphatic heterocycles. The third kappa shape index (κ3) is 1.99. The number of aryl methyl sites for hydroxylation is 1. The van der Waals surface area contributed by atoms with Crippen molar-refractivity contribution in [3.05, 3.63) is 46.2 Å². The lowest BCUT2D eigenvalue weighted by Gasteiger charge is -2.03. The number of hydrogen-bond acceptors (Lipinski definition) is 2. The summed E-state index contributed by atoms with van der Waals surface area (Å²) in [6.07, 6.45) is 0. The van der Waals surface area contributed by atoms with Crippen molar-refractivity contribution in [1.82, 2.24) is 9.78 Å². The van der Waals surface area contributed by atoms with Gasteiger partial charge in [-0.1, -0.05) is 15.9 Å². The molecule has 1 N–H and O–H groups in total. The summed E-state index contributed by atoms with van der Waals surface area (Å²) < 4.78 is 2.36. The fourth-order valence-electron chi connectivity index (χ4n) is 1.43. The zero-order valence-corrected chi connectivity index (χ0v) is 10.1. The standard InChI is InChI=1S/C11H9BrN2O2/c1-7-6-10(11(15)16)14(13-7)9-4-2-8(12)3-5-9/h2-6H,1H3,(H,15,16). The molecule has 4 nitrogen and oxygen atoms in total. The van der Waals surface area contributed by atoms with Gasteiger partial charge in [-0.15, -0.1) is 0 Å². The van der Waals surface area contributed by atoms with Gasteiger partial charge in [-0.25, -0.2) is 9.48 Å². The Balaban J connectivity index is 2.55. The van der Waals surface area contributed by atoms with Crippen LogP contribution in [0.1, 0.15) is 16.2 Å². The van der Waals surface area contributed by atoms with Gasteiger partial charge in [0.1, 0.15) is 0 Å². The average Bonchev–Trinajstić information content (AvgIpc) is 2.61. The molecule has 2 rings (SSSR count). The van der Waals surface area contributed by atoms with Crippen molar-refractivity contribution >= 4 is 21.9 Å². The Morgan fingerprint density at radius 3 is 2.56 bits per heavy atom. The molecule has 16 heavy (non-hydrogen) atoms. The highest BCUT2D eigenvalue weighted by Crippen LogP contribution is 2.16. The van der Waals surface area contributed by atoms with E-state index in [0.29, 0.717) is 5.69 Å². The van der Waals surface area contributed by atoms with E-state index in [1.54, 1.807) is 13.0 Å². The van der Waals surface area contributed by atoms with E-state index in [9.17, 15) is 4.79 Å². The first kappa shape index (κ1) is 10.9. The normalized spacial score (nSPS) is 10.4. The van der Waals surface area contributed by atoms with E-state index in [1.807, 2.05) is 24.3 Å². The second kappa shape index (κ2) is 4.09. The fourth-order valence-corrected chi connectivity index (χ4v) is 1.70. The van der Waals surface area contributed by atoms with Crippen LogP contribution < -0.4 is 0 Å². The van der Waals surface area contributed by atoms with Crippen molar-refractivity contribution in [1.29, 1.82) is 0 Å². The van der Waals surface area contributed by atoms with Crippen LogP contribution in [0.3, 0.4) is 0 Å². The number of carboxylic acids is 1. The van der Waals surface area contributed by atoms with Crippen molar-refractivity contribution in [3.63, 3.8) is 0 Å². The summed E-state index contributed by atoms with van der Waals surface area (Å²) in [6, 6.07) is 8.85. The van der Waals surface area contributed by atoms with Crippen molar-refractivity contribution in [2.45, 2.75) is 6.92 Å². The maximum atomic E-state index is 11.0. The summed E-state index contributed by atoms with van der Waals surface area (Å²) in [4.78, 5) is 11.0. The molecular formula is C11H9BrN2O2. The lowest BCUT2D eigenvalue weighted by molar-refractivity contribution is 0.0687. The molecule has 1 aromatic carbocycles. The topological polar surface area (TPSA) is 55.1 Å². The lowest BCUT2D eigenvalue weighted by atomic mass is 10.3. The first-order chi connectivity index (χ1) is 7.58. The van der Waals surface area contributed by atoms with Crippen molar-refractivity contribution in [2.24, 2.45) is 0 Å². The Labute approximate surface area is 101 Å². The minimum atomic E-state index is -0.983. The SMILES string of the molecule is Cc1cc(C(=O)O)n(-c2ccc(Br)cc2)n1. The summed E-state index contributed by atoms with van der Waals surface area (Å²) in [7, 11) is 0. The van der Waals surface area contributed by atoms with Crippen molar-refractivity contribution in [3.8, 4) is 5.69 Å². The number of aromatic carboxylic acids is 1. The van der Waals surface area contributed by atoms with E-state index in [4.69, 9.17) is 5.11 Å². The van der Waals surface area contributed by atoms with E-state index in [2.05, 4.69) is 21.0 Å². The third-order valence-electron chi connectivity index (χ3n) is 2.12. The van der Waals surface area contributed by atoms with Gasteiger partial charge in [0.15, 0.2) is 5.69 Å². The first-order valence-electron chi connectivity index (χ1n) is 4.64. The second-order valence-corrected chi connectivity index (χ2v) is 4.28. The minimum absolute atomic E-state index is 0.167. The molecule has 0 spiro atoms. The molecule has 0 unspecified atom stereocenters. The summed E-state index contributed by atoms with van der Waals surface area (Å²) in [6.45, 7) is 1.77. The zero-order valence-electron chi connectivity index (χ0n) is 8.51. The van der Waals surface area contributed by atoms with Crippen molar-refractivity contribution < 1.29 is 9.90 Å². The Morgan fingerprint density at radius 2 is 2.00 bits per heavy atom. The quantitative estimate of drug-likeness (QED) is 0.920. The molecule has 0 amide bonds. The molecular weight excluding hydrogens is 272 g/mol. The summed E-state index contributed by atoms with van der Waals surface area (Å²) >= 11 is 3.32. The Morgan fingerprint density at radius 1 is 1.38 bits per heavy atom. The van der Waals surface area contributed by atoms with Crippen LogP contribution in [0.4, 0.5) is 0 Å². The van der Waals surface area contributed by atoms with Crippen LogP contribution in [-0.2, 0) is 0 Å². The number of carbonyl (C=O) groups is 1. The highest BCUT2D eigenvalue weighted by molar-refractivity contribution is 9.10. The zero-order chi connectivity index (χ0) is 11.7. The lowest BCUT2D eigenvalue weighted by Crippen LogP contribution is -2.07. The maximum absolute atomic E-state index is 11.0. The van der Waals surface area contributed by atoms with Gasteiger partial charge in [0.2, 0.25) is 0 Å². The van der Waals surface area contributed by atoms with E-state index in [0.717, 1.165) is 10.2 Å². The van der Waals surface area contributed by atoms with Gasteiger partial charge in [-0.2, -0.15) is 5.10 Å². The number of carboxylic acid groups (broad SMARTS) is 1. The van der Waals surface area contributed by atoms with E-state index in [-0.39, 0.29) is 5.69 Å². The molecule has 5 heteroatoms. The Kier molecular flexibility index (Phi) is 2.78. The molecule has 0 saturated heterocycles. The second-order valence-electron chi connectivity index (χ2n) is 3.36. The van der Waals surface area contributed by atoms with Crippen molar-refractivity contribution in [2.75, 3.05) is 0 Å². The van der Waals surface area contributed by atoms with Crippen LogP contribution in [0.5, 0.6) is 0 Å². The van der Waals surface area contributed by atoms with E-state index < -0.39 is 5.97 Å². The number of aromatic nitrogens is 2. The fraction of sp³-hybridized carbons (Fsp3) is 0.0909. The van der Waals surface area contributed by atoms with Gasteiger partial charge in [0.25, 0.3) is 0 Å². The molecule has 82 valence electrons. The van der Waals surface area contributed by atoms with Crippen LogP contribution in [0, 0.1) is 6.92 Å². The van der Waals surface area contributed by atoms with Crippen LogP contribution in [0.15, 0.2) is 34.8 Å². The monoisotopic (exact) mass is 280 g/mol. The highest BCUT2D eigenvalue weighted by atomic mass is 79.9. The number of benzene rings is 1. The Bertz CT molecular complexity index is 531. The number of nitrogens with zero attached hydrogens (tertiary/aromatic N) is 2. The first-order valence-corrected chi connectivity index (χ1v) is 5.43. The van der Waals surface area contributed by atoms with Gasteiger partial charge in [-0.3, -0.25) is 0 Å². The predicted molar refractivity (Wildman–Crippen MR) is 63.0 cm³/mol. The largest absolute Gasteiger partial charge is 0.477 e. The third-order valence-corrected chi connectivity index (χ3v) is 2.65. The van der Waals surface area contributed by atoms with Gasteiger partial charge in [-0.05, 0) is 37.3 Å². The van der Waals surface area contributed by atoms with E-state index in [1.165, 1.54) is 4.68 Å². The molecule has 0 saturated carbocycles. The summed E-state index contributed by atoms with van der Waals surface area (Å²) in [5.74, 6) is -0.983. The summed E-state index contributed by atoms with van der Waals surface area (Å²) in [5, 5.41) is 13.2. The smallest absolute Gasteiger partial charge is 0.354 e. The molecule has 0 radical (unpaired) electrons. The number of rotatable bonds is 2. The molecule has 0 fully saturated rings.